The first-order valence-electron chi connectivity index (χ1n) is 9.30. The molecule has 1 N–H and O–H groups in total. The second kappa shape index (κ2) is 8.64. The number of aromatic nitrogens is 2. The molecule has 1 aromatic heterocycles. The molecule has 0 aliphatic rings. The van der Waals surface area contributed by atoms with Gasteiger partial charge in [0.05, 0.1) is 21.5 Å². The van der Waals surface area contributed by atoms with E-state index in [9.17, 15) is 23.3 Å². The minimum atomic E-state index is -3.36. The normalized spacial score (nSPS) is 11.5. The van der Waals surface area contributed by atoms with Crippen LogP contribution in [0.5, 0.6) is 0 Å². The van der Waals surface area contributed by atoms with E-state index in [4.69, 9.17) is 4.42 Å². The Bertz CT molecular complexity index is 1230. The van der Waals surface area contributed by atoms with E-state index in [1.807, 2.05) is 0 Å². The largest absolute Gasteiger partial charge is 0.407 e. The first-order valence-corrected chi connectivity index (χ1v) is 10.8. The van der Waals surface area contributed by atoms with Crippen LogP contribution in [0.4, 0.5) is 11.7 Å². The first kappa shape index (κ1) is 22.1. The summed E-state index contributed by atoms with van der Waals surface area (Å²) in [5.74, 6) is -0.398. The number of nitrogens with zero attached hydrogens (tertiary/aromatic N) is 3. The molecule has 3 aromatic rings. The van der Waals surface area contributed by atoms with Gasteiger partial charge in [0.25, 0.3) is 11.6 Å². The van der Waals surface area contributed by atoms with Crippen molar-refractivity contribution in [3.8, 4) is 0 Å². The number of amides is 1. The number of hydrogen-bond acceptors (Lipinski definition) is 8. The third-order valence-corrected chi connectivity index (χ3v) is 6.83. The quantitative estimate of drug-likeness (QED) is 0.431. The number of benzene rings is 2. The lowest BCUT2D eigenvalue weighted by Crippen LogP contribution is -2.14. The van der Waals surface area contributed by atoms with Crippen LogP contribution in [0, 0.1) is 17.0 Å². The highest BCUT2D eigenvalue weighted by atomic mass is 32.2. The maximum absolute atomic E-state index is 12.4. The van der Waals surface area contributed by atoms with Gasteiger partial charge in [0.1, 0.15) is 0 Å². The van der Waals surface area contributed by atoms with Crippen molar-refractivity contribution in [2.24, 2.45) is 0 Å². The molecule has 0 fully saturated rings. The van der Waals surface area contributed by atoms with Gasteiger partial charge in [-0.15, -0.1) is 5.10 Å². The molecule has 0 atom stereocenters. The Balaban J connectivity index is 1.71. The van der Waals surface area contributed by atoms with Gasteiger partial charge < -0.3 is 4.42 Å². The van der Waals surface area contributed by atoms with Crippen molar-refractivity contribution in [2.45, 2.75) is 37.3 Å². The van der Waals surface area contributed by atoms with E-state index in [0.717, 1.165) is 5.56 Å². The van der Waals surface area contributed by atoms with E-state index in [2.05, 4.69) is 15.5 Å². The third-order valence-electron chi connectivity index (χ3n) is 4.66. The molecule has 0 radical (unpaired) electrons. The molecule has 0 saturated heterocycles. The van der Waals surface area contributed by atoms with Gasteiger partial charge in [0, 0.05) is 17.2 Å². The Morgan fingerprint density at radius 3 is 2.45 bits per heavy atom. The number of nitrogens with one attached hydrogen (secondary N) is 1. The molecular weight excluding hydrogens is 424 g/mol. The van der Waals surface area contributed by atoms with Gasteiger partial charge in [-0.1, -0.05) is 23.3 Å². The number of rotatable bonds is 7. The molecule has 10 nitrogen and oxygen atoms in total. The van der Waals surface area contributed by atoms with Crippen molar-refractivity contribution in [1.29, 1.82) is 0 Å². The van der Waals surface area contributed by atoms with Crippen molar-refractivity contribution < 1.29 is 22.6 Å². The van der Waals surface area contributed by atoms with E-state index in [1.165, 1.54) is 37.3 Å². The molecule has 2 aromatic carbocycles. The molecule has 3 rings (SSSR count). The van der Waals surface area contributed by atoms with Crippen molar-refractivity contribution >= 4 is 27.4 Å². The third kappa shape index (κ3) is 4.77. The zero-order valence-electron chi connectivity index (χ0n) is 17.0. The van der Waals surface area contributed by atoms with Crippen molar-refractivity contribution in [3.63, 3.8) is 0 Å². The van der Waals surface area contributed by atoms with Crippen molar-refractivity contribution in [3.05, 3.63) is 75.2 Å². The van der Waals surface area contributed by atoms with Gasteiger partial charge in [-0.2, -0.15) is 0 Å². The van der Waals surface area contributed by atoms with Crippen LogP contribution in [-0.4, -0.2) is 34.7 Å². The summed E-state index contributed by atoms with van der Waals surface area (Å²) in [5, 5.41) is 20.6. The van der Waals surface area contributed by atoms with Crippen LogP contribution in [0.3, 0.4) is 0 Å². The van der Waals surface area contributed by atoms with Gasteiger partial charge >= 0.3 is 6.01 Å². The SMILES string of the molecule is Cc1c(C(=O)Nc2nnc(Cc3ccc(S(=O)(=O)C(C)C)cc3)o2)cccc1[N+](=O)[O-]. The molecular formula is C20H20N4O6S. The lowest BCUT2D eigenvalue weighted by Gasteiger charge is -2.08. The van der Waals surface area contributed by atoms with E-state index < -0.39 is 25.9 Å². The highest BCUT2D eigenvalue weighted by Crippen LogP contribution is 2.22. The molecule has 0 aliphatic carbocycles. The van der Waals surface area contributed by atoms with Crippen LogP contribution in [-0.2, 0) is 16.3 Å². The molecule has 31 heavy (non-hydrogen) atoms. The number of sulfone groups is 1. The van der Waals surface area contributed by atoms with Crippen LogP contribution in [0.2, 0.25) is 0 Å². The Kier molecular flexibility index (Phi) is 6.16. The first-order chi connectivity index (χ1) is 14.6. The van der Waals surface area contributed by atoms with Gasteiger partial charge in [0.2, 0.25) is 5.89 Å². The molecule has 11 heteroatoms. The number of nitro groups is 1. The average Bonchev–Trinajstić information content (AvgIpc) is 3.14. The Morgan fingerprint density at radius 1 is 1.16 bits per heavy atom. The molecule has 0 bridgehead atoms. The fraction of sp³-hybridized carbons (Fsp3) is 0.250. The lowest BCUT2D eigenvalue weighted by molar-refractivity contribution is -0.385. The summed E-state index contributed by atoms with van der Waals surface area (Å²) in [6.07, 6.45) is 0.237. The number of carbonyl (C=O) groups excluding carboxylic acids is 1. The van der Waals surface area contributed by atoms with E-state index in [0.29, 0.717) is 0 Å². The van der Waals surface area contributed by atoms with Gasteiger partial charge in [-0.25, -0.2) is 8.42 Å². The molecule has 0 aliphatic heterocycles. The van der Waals surface area contributed by atoms with Crippen LogP contribution in [0.1, 0.15) is 41.2 Å². The van der Waals surface area contributed by atoms with Gasteiger partial charge in [0.15, 0.2) is 9.84 Å². The zero-order valence-corrected chi connectivity index (χ0v) is 17.8. The van der Waals surface area contributed by atoms with Gasteiger partial charge in [-0.05, 0) is 44.5 Å². The average molecular weight is 444 g/mol. The monoisotopic (exact) mass is 444 g/mol. The molecule has 1 amide bonds. The summed E-state index contributed by atoms with van der Waals surface area (Å²) >= 11 is 0. The lowest BCUT2D eigenvalue weighted by atomic mass is 10.1. The van der Waals surface area contributed by atoms with Crippen LogP contribution in [0.15, 0.2) is 51.8 Å². The maximum Gasteiger partial charge on any atom is 0.322 e. The second-order valence-corrected chi connectivity index (χ2v) is 9.58. The fourth-order valence-electron chi connectivity index (χ4n) is 2.85. The topological polar surface area (TPSA) is 145 Å². The van der Waals surface area contributed by atoms with E-state index in [-0.39, 0.29) is 40.0 Å². The van der Waals surface area contributed by atoms with Crippen LogP contribution < -0.4 is 5.32 Å². The van der Waals surface area contributed by atoms with Gasteiger partial charge in [-0.3, -0.25) is 20.2 Å². The highest BCUT2D eigenvalue weighted by molar-refractivity contribution is 7.92. The minimum absolute atomic E-state index is 0.121. The number of nitro benzene ring substituents is 1. The van der Waals surface area contributed by atoms with Crippen molar-refractivity contribution in [1.82, 2.24) is 10.2 Å². The molecule has 0 unspecified atom stereocenters. The van der Waals surface area contributed by atoms with Crippen molar-refractivity contribution in [2.75, 3.05) is 5.32 Å². The predicted molar refractivity (Wildman–Crippen MR) is 112 cm³/mol. The van der Waals surface area contributed by atoms with E-state index in [1.54, 1.807) is 26.0 Å². The molecule has 0 saturated carbocycles. The Hall–Kier alpha value is -3.60. The Labute approximate surface area is 178 Å². The van der Waals surface area contributed by atoms with Crippen LogP contribution in [0.25, 0.3) is 0 Å². The summed E-state index contributed by atoms with van der Waals surface area (Å²) in [7, 11) is -3.36. The second-order valence-electron chi connectivity index (χ2n) is 7.08. The maximum atomic E-state index is 12.4. The summed E-state index contributed by atoms with van der Waals surface area (Å²) in [6, 6.07) is 10.4. The fourth-order valence-corrected chi connectivity index (χ4v) is 3.91. The number of anilines is 1. The summed E-state index contributed by atoms with van der Waals surface area (Å²) in [4.78, 5) is 23.2. The van der Waals surface area contributed by atoms with Crippen LogP contribution >= 0.6 is 0 Å². The van der Waals surface area contributed by atoms with E-state index >= 15 is 0 Å². The molecule has 0 spiro atoms. The molecule has 1 heterocycles. The summed E-state index contributed by atoms with van der Waals surface area (Å²) in [5.41, 5.74) is 0.928. The smallest absolute Gasteiger partial charge is 0.322 e. The molecule has 162 valence electrons. The predicted octanol–water partition coefficient (Wildman–Crippen LogP) is 3.31. The number of hydrogen-bond donors (Lipinski definition) is 1. The highest BCUT2D eigenvalue weighted by Gasteiger charge is 2.21. The zero-order chi connectivity index (χ0) is 22.8. The number of carbonyl (C=O) groups is 1. The standard InChI is InChI=1S/C20H20N4O6S/c1-12(2)31(28,29)15-9-7-14(8-10-15)11-18-22-23-20(30-18)21-19(25)16-5-4-6-17(13(16)3)24(26)27/h4-10,12H,11H2,1-3H3,(H,21,23,25). The summed E-state index contributed by atoms with van der Waals surface area (Å²) in [6.45, 7) is 4.72. The minimum Gasteiger partial charge on any atom is -0.407 e. The Morgan fingerprint density at radius 2 is 1.84 bits per heavy atom. The summed E-state index contributed by atoms with van der Waals surface area (Å²) < 4.78 is 29.8.